The highest BCUT2D eigenvalue weighted by atomic mass is 35.5. The van der Waals surface area contributed by atoms with Crippen LogP contribution in [0.3, 0.4) is 0 Å². The minimum atomic E-state index is -0.454. The molecule has 2 heterocycles. The zero-order valence-electron chi connectivity index (χ0n) is 17.4. The maximum atomic E-state index is 13.6. The molecule has 5 rings (SSSR count). The molecule has 1 atom stereocenters. The molecule has 1 aromatic heterocycles. The lowest BCUT2D eigenvalue weighted by Gasteiger charge is -2.27. The van der Waals surface area contributed by atoms with Crippen LogP contribution in [0.25, 0.3) is 10.9 Å². The third kappa shape index (κ3) is 4.52. The zero-order chi connectivity index (χ0) is 21.4. The molecule has 1 saturated heterocycles. The van der Waals surface area contributed by atoms with Crippen LogP contribution in [0.1, 0.15) is 19.8 Å². The molecule has 1 saturated carbocycles. The molecular weight excluding hydrogens is 415 g/mol. The van der Waals surface area contributed by atoms with Crippen molar-refractivity contribution in [1.82, 2.24) is 15.3 Å². The van der Waals surface area contributed by atoms with Crippen LogP contribution in [0, 0.1) is 17.7 Å². The molecule has 3 aromatic rings. The van der Waals surface area contributed by atoms with Gasteiger partial charge in [0, 0.05) is 42.7 Å². The van der Waals surface area contributed by atoms with Crippen molar-refractivity contribution in [3.8, 4) is 0 Å². The van der Waals surface area contributed by atoms with Gasteiger partial charge in [-0.15, -0.1) is 0 Å². The highest BCUT2D eigenvalue weighted by molar-refractivity contribution is 6.31. The first-order valence-corrected chi connectivity index (χ1v) is 11.2. The first-order chi connectivity index (χ1) is 15.1. The fourth-order valence-corrected chi connectivity index (χ4v) is 4.02. The minimum absolute atomic E-state index is 0.0583. The van der Waals surface area contributed by atoms with Gasteiger partial charge in [-0.1, -0.05) is 17.7 Å². The topological polar surface area (TPSA) is 73.9 Å². The van der Waals surface area contributed by atoms with Crippen LogP contribution < -0.4 is 21.3 Å². The van der Waals surface area contributed by atoms with Gasteiger partial charge in [0.25, 0.3) is 0 Å². The van der Waals surface area contributed by atoms with Crippen molar-refractivity contribution >= 4 is 45.6 Å². The van der Waals surface area contributed by atoms with Crippen molar-refractivity contribution in [1.29, 1.82) is 0 Å². The van der Waals surface area contributed by atoms with E-state index < -0.39 is 5.82 Å². The molecule has 2 fully saturated rings. The van der Waals surface area contributed by atoms with Gasteiger partial charge in [-0.05, 0) is 56.0 Å². The molecule has 1 unspecified atom stereocenters. The first kappa shape index (κ1) is 20.3. The summed E-state index contributed by atoms with van der Waals surface area (Å²) in [6.45, 7) is 5.17. The predicted octanol–water partition coefficient (Wildman–Crippen LogP) is 5.01. The lowest BCUT2D eigenvalue weighted by Crippen LogP contribution is -2.45. The number of fused-ring (bicyclic) bond motifs is 1. The quantitative estimate of drug-likeness (QED) is 0.394. The van der Waals surface area contributed by atoms with E-state index in [0.717, 1.165) is 42.0 Å². The van der Waals surface area contributed by atoms with Crippen LogP contribution in [0.2, 0.25) is 5.02 Å². The van der Waals surface area contributed by atoms with E-state index in [0.29, 0.717) is 29.5 Å². The third-order valence-corrected chi connectivity index (χ3v) is 6.33. The Kier molecular flexibility index (Phi) is 5.54. The Morgan fingerprint density at radius 3 is 2.74 bits per heavy atom. The molecule has 0 bridgehead atoms. The number of nitrogens with one attached hydrogen (secondary N) is 4. The molecule has 1 aliphatic heterocycles. The van der Waals surface area contributed by atoms with E-state index >= 15 is 0 Å². The lowest BCUT2D eigenvalue weighted by molar-refractivity contribution is 0.365. The Bertz CT molecular complexity index is 1100. The number of nitrogens with zero attached hydrogens (tertiary/aromatic N) is 2. The number of rotatable bonds is 8. The Balaban J connectivity index is 1.50. The van der Waals surface area contributed by atoms with Gasteiger partial charge in [-0.25, -0.2) is 9.37 Å². The van der Waals surface area contributed by atoms with E-state index in [2.05, 4.69) is 28.2 Å². The maximum Gasteiger partial charge on any atom is 0.229 e. The second kappa shape index (κ2) is 8.48. The Morgan fingerprint density at radius 1 is 1.19 bits per heavy atom. The highest BCUT2D eigenvalue weighted by Gasteiger charge is 2.28. The molecule has 4 N–H and O–H groups in total. The van der Waals surface area contributed by atoms with E-state index in [1.54, 1.807) is 6.07 Å². The summed E-state index contributed by atoms with van der Waals surface area (Å²) >= 11 is 5.95. The van der Waals surface area contributed by atoms with Crippen molar-refractivity contribution in [2.24, 2.45) is 11.8 Å². The van der Waals surface area contributed by atoms with Gasteiger partial charge < -0.3 is 21.3 Å². The standard InChI is InChI=1S/C23H26ClFN6/c1-13(15-5-6-15)28-22-17-3-2-4-20(27-12-14-10-26-11-14)21(17)30-23(31-22)29-16-7-8-19(25)18(24)9-16/h2-4,7-9,13-15,26-27H,5-6,10-12H2,1H3,(H2,28,29,30,31). The molecule has 6 nitrogen and oxygen atoms in total. The molecule has 162 valence electrons. The number of para-hydroxylation sites is 1. The molecular formula is C23H26ClFN6. The van der Waals surface area contributed by atoms with E-state index in [1.807, 2.05) is 18.2 Å². The maximum absolute atomic E-state index is 13.6. The molecule has 0 radical (unpaired) electrons. The summed E-state index contributed by atoms with van der Waals surface area (Å²) in [7, 11) is 0. The third-order valence-electron chi connectivity index (χ3n) is 6.04. The Labute approximate surface area is 186 Å². The van der Waals surface area contributed by atoms with Crippen LogP contribution in [0.4, 0.5) is 27.5 Å². The smallest absolute Gasteiger partial charge is 0.229 e. The van der Waals surface area contributed by atoms with Gasteiger partial charge in [0.15, 0.2) is 0 Å². The average Bonchev–Trinajstić information content (AvgIpc) is 3.55. The predicted molar refractivity (Wildman–Crippen MR) is 125 cm³/mol. The second-order valence-corrected chi connectivity index (χ2v) is 8.93. The van der Waals surface area contributed by atoms with Crippen molar-refractivity contribution in [3.63, 3.8) is 0 Å². The van der Waals surface area contributed by atoms with Gasteiger partial charge in [0.2, 0.25) is 5.95 Å². The van der Waals surface area contributed by atoms with Crippen molar-refractivity contribution in [2.75, 3.05) is 35.6 Å². The monoisotopic (exact) mass is 440 g/mol. The van der Waals surface area contributed by atoms with Crippen LogP contribution in [0.5, 0.6) is 0 Å². The van der Waals surface area contributed by atoms with Crippen LogP contribution in [0.15, 0.2) is 36.4 Å². The second-order valence-electron chi connectivity index (χ2n) is 8.53. The zero-order valence-corrected chi connectivity index (χ0v) is 18.1. The van der Waals surface area contributed by atoms with Crippen molar-refractivity contribution in [2.45, 2.75) is 25.8 Å². The summed E-state index contributed by atoms with van der Waals surface area (Å²) < 4.78 is 13.6. The van der Waals surface area contributed by atoms with Crippen LogP contribution in [-0.4, -0.2) is 35.6 Å². The summed E-state index contributed by atoms with van der Waals surface area (Å²) in [4.78, 5) is 9.55. The largest absolute Gasteiger partial charge is 0.383 e. The molecule has 31 heavy (non-hydrogen) atoms. The van der Waals surface area contributed by atoms with Gasteiger partial charge in [-0.2, -0.15) is 4.98 Å². The summed E-state index contributed by atoms with van der Waals surface area (Å²) in [6.07, 6.45) is 2.50. The molecule has 1 aliphatic carbocycles. The number of hydrogen-bond acceptors (Lipinski definition) is 6. The van der Waals surface area contributed by atoms with E-state index in [4.69, 9.17) is 21.6 Å². The van der Waals surface area contributed by atoms with E-state index in [-0.39, 0.29) is 5.02 Å². The van der Waals surface area contributed by atoms with Crippen molar-refractivity contribution in [3.05, 3.63) is 47.2 Å². The van der Waals surface area contributed by atoms with Gasteiger partial charge in [0.1, 0.15) is 17.2 Å². The number of hydrogen-bond donors (Lipinski definition) is 4. The summed E-state index contributed by atoms with van der Waals surface area (Å²) in [5.41, 5.74) is 2.47. The Hall–Kier alpha value is -2.64. The summed E-state index contributed by atoms with van der Waals surface area (Å²) in [6, 6.07) is 11.0. The number of halogens is 2. The van der Waals surface area contributed by atoms with Gasteiger partial charge in [-0.3, -0.25) is 0 Å². The van der Waals surface area contributed by atoms with E-state index in [1.165, 1.54) is 25.0 Å². The fraction of sp³-hybridized carbons (Fsp3) is 0.391. The molecule has 2 aromatic carbocycles. The fourth-order valence-electron chi connectivity index (χ4n) is 3.84. The minimum Gasteiger partial charge on any atom is -0.383 e. The summed E-state index contributed by atoms with van der Waals surface area (Å²) in [5, 5.41) is 14.7. The summed E-state index contributed by atoms with van der Waals surface area (Å²) in [5.74, 6) is 2.10. The van der Waals surface area contributed by atoms with Crippen LogP contribution >= 0.6 is 11.6 Å². The number of benzene rings is 2. The molecule has 0 spiro atoms. The van der Waals surface area contributed by atoms with Crippen LogP contribution in [-0.2, 0) is 0 Å². The van der Waals surface area contributed by atoms with Gasteiger partial charge in [0.05, 0.1) is 10.7 Å². The SMILES string of the molecule is CC(Nc1nc(Nc2ccc(F)c(Cl)c2)nc2c(NCC3CNC3)cccc12)C1CC1. The van der Waals surface area contributed by atoms with Crippen molar-refractivity contribution < 1.29 is 4.39 Å². The Morgan fingerprint density at radius 2 is 2.03 bits per heavy atom. The number of aromatic nitrogens is 2. The first-order valence-electron chi connectivity index (χ1n) is 10.8. The highest BCUT2D eigenvalue weighted by Crippen LogP contribution is 2.36. The number of anilines is 4. The molecule has 0 amide bonds. The molecule has 8 heteroatoms. The normalized spacial score (nSPS) is 17.3. The van der Waals surface area contributed by atoms with Gasteiger partial charge >= 0.3 is 0 Å². The molecule has 2 aliphatic rings. The van der Waals surface area contributed by atoms with E-state index in [9.17, 15) is 4.39 Å². The average molecular weight is 441 g/mol. The lowest BCUT2D eigenvalue weighted by atomic mass is 10.0.